The largest absolute Gasteiger partial charge is 0.497 e. The van der Waals surface area contributed by atoms with Crippen LogP contribution in [0.5, 0.6) is 5.75 Å². The zero-order chi connectivity index (χ0) is 12.3. The molecule has 0 bridgehead atoms. The van der Waals surface area contributed by atoms with E-state index in [0.29, 0.717) is 5.56 Å². The molecular formula is C10H10N4OS2. The molecule has 0 atom stereocenters. The highest BCUT2D eigenvalue weighted by Gasteiger charge is 2.10. The lowest BCUT2D eigenvalue weighted by Crippen LogP contribution is -2.12. The topological polar surface area (TPSA) is 84.9 Å². The van der Waals surface area contributed by atoms with Gasteiger partial charge in [0.15, 0.2) is 4.34 Å². The van der Waals surface area contributed by atoms with E-state index in [-0.39, 0.29) is 5.84 Å². The van der Waals surface area contributed by atoms with Crippen LogP contribution >= 0.6 is 23.3 Å². The highest BCUT2D eigenvalue weighted by Crippen LogP contribution is 2.33. The number of hydrogen-bond acceptors (Lipinski definition) is 6. The van der Waals surface area contributed by atoms with E-state index in [0.717, 1.165) is 15.0 Å². The summed E-state index contributed by atoms with van der Waals surface area (Å²) in [6.45, 7) is 0. The van der Waals surface area contributed by atoms with Crippen molar-refractivity contribution in [2.24, 2.45) is 5.73 Å². The van der Waals surface area contributed by atoms with Crippen LogP contribution in [0.3, 0.4) is 0 Å². The molecule has 88 valence electrons. The number of nitrogens with two attached hydrogens (primary N) is 1. The number of methoxy groups -OCH3 is 1. The smallest absolute Gasteiger partial charge is 0.174 e. The van der Waals surface area contributed by atoms with Gasteiger partial charge in [0, 0.05) is 10.5 Å². The molecule has 17 heavy (non-hydrogen) atoms. The van der Waals surface area contributed by atoms with Crippen molar-refractivity contribution in [3.05, 3.63) is 30.1 Å². The summed E-state index contributed by atoms with van der Waals surface area (Å²) >= 11 is 2.72. The van der Waals surface area contributed by atoms with Crippen LogP contribution in [0.2, 0.25) is 0 Å². The molecule has 0 aliphatic carbocycles. The lowest BCUT2D eigenvalue weighted by molar-refractivity contribution is 0.413. The minimum absolute atomic E-state index is 0.0275. The van der Waals surface area contributed by atoms with Gasteiger partial charge in [-0.05, 0) is 29.7 Å². The minimum Gasteiger partial charge on any atom is -0.497 e. The van der Waals surface area contributed by atoms with Gasteiger partial charge in [-0.2, -0.15) is 4.37 Å². The molecule has 0 unspecified atom stereocenters. The molecule has 2 rings (SSSR count). The number of nitrogens with zero attached hydrogens (tertiary/aromatic N) is 2. The monoisotopic (exact) mass is 266 g/mol. The second-order valence-electron chi connectivity index (χ2n) is 3.09. The number of rotatable bonds is 4. The first kappa shape index (κ1) is 11.9. The molecule has 0 saturated heterocycles. The SMILES string of the molecule is COc1ccc(C(=N)N)c(Sc2ncns2)c1. The zero-order valence-corrected chi connectivity index (χ0v) is 10.6. The molecule has 1 heterocycles. The van der Waals surface area contributed by atoms with E-state index in [9.17, 15) is 0 Å². The summed E-state index contributed by atoms with van der Waals surface area (Å²) in [4.78, 5) is 4.93. The van der Waals surface area contributed by atoms with Crippen LogP contribution in [0.25, 0.3) is 0 Å². The van der Waals surface area contributed by atoms with E-state index in [1.165, 1.54) is 29.6 Å². The number of nitrogens with one attached hydrogen (secondary N) is 1. The van der Waals surface area contributed by atoms with Crippen molar-refractivity contribution in [2.75, 3.05) is 7.11 Å². The first-order chi connectivity index (χ1) is 8.20. The molecule has 5 nitrogen and oxygen atoms in total. The maximum atomic E-state index is 7.52. The van der Waals surface area contributed by atoms with Gasteiger partial charge in [-0.25, -0.2) is 4.98 Å². The molecular weight excluding hydrogens is 256 g/mol. The predicted molar refractivity (Wildman–Crippen MR) is 68.0 cm³/mol. The van der Waals surface area contributed by atoms with Crippen molar-refractivity contribution < 1.29 is 4.74 Å². The summed E-state index contributed by atoms with van der Waals surface area (Å²) in [6.07, 6.45) is 1.50. The first-order valence-electron chi connectivity index (χ1n) is 4.67. The molecule has 0 amide bonds. The summed E-state index contributed by atoms with van der Waals surface area (Å²) in [7, 11) is 1.60. The highest BCUT2D eigenvalue weighted by atomic mass is 32.2. The average molecular weight is 266 g/mol. The Kier molecular flexibility index (Phi) is 3.60. The van der Waals surface area contributed by atoms with Crippen LogP contribution in [-0.2, 0) is 0 Å². The molecule has 7 heteroatoms. The fraction of sp³-hybridized carbons (Fsp3) is 0.100. The molecule has 0 aliphatic rings. The second kappa shape index (κ2) is 5.15. The maximum absolute atomic E-state index is 7.52. The van der Waals surface area contributed by atoms with Crippen molar-refractivity contribution in [3.63, 3.8) is 0 Å². The summed E-state index contributed by atoms with van der Waals surface area (Å²) in [5, 5.41) is 7.52. The molecule has 0 spiro atoms. The van der Waals surface area contributed by atoms with Gasteiger partial charge in [0.2, 0.25) is 0 Å². The number of benzene rings is 1. The van der Waals surface area contributed by atoms with Crippen molar-refractivity contribution in [1.82, 2.24) is 9.36 Å². The Bertz CT molecular complexity index is 527. The third kappa shape index (κ3) is 2.75. The fourth-order valence-corrected chi connectivity index (χ4v) is 2.82. The third-order valence-corrected chi connectivity index (χ3v) is 3.79. The molecule has 2 aromatic rings. The van der Waals surface area contributed by atoms with Gasteiger partial charge in [0.05, 0.1) is 7.11 Å². The number of amidine groups is 1. The van der Waals surface area contributed by atoms with Gasteiger partial charge >= 0.3 is 0 Å². The van der Waals surface area contributed by atoms with Gasteiger partial charge < -0.3 is 10.5 Å². The van der Waals surface area contributed by atoms with Crippen molar-refractivity contribution >= 4 is 29.1 Å². The molecule has 0 aliphatic heterocycles. The van der Waals surface area contributed by atoms with E-state index < -0.39 is 0 Å². The molecule has 1 aromatic carbocycles. The second-order valence-corrected chi connectivity index (χ2v) is 5.15. The van der Waals surface area contributed by atoms with Crippen LogP contribution in [0.15, 0.2) is 33.8 Å². The molecule has 0 fully saturated rings. The van der Waals surface area contributed by atoms with Gasteiger partial charge in [-0.1, -0.05) is 11.8 Å². The summed E-state index contributed by atoms with van der Waals surface area (Å²) < 4.78 is 9.89. The predicted octanol–water partition coefficient (Wildman–Crippen LogP) is 1.98. The Morgan fingerprint density at radius 3 is 2.94 bits per heavy atom. The van der Waals surface area contributed by atoms with Crippen LogP contribution in [0.1, 0.15) is 5.56 Å². The zero-order valence-electron chi connectivity index (χ0n) is 9.01. The van der Waals surface area contributed by atoms with Gasteiger partial charge in [0.25, 0.3) is 0 Å². The van der Waals surface area contributed by atoms with Gasteiger partial charge in [0.1, 0.15) is 17.9 Å². The maximum Gasteiger partial charge on any atom is 0.174 e. The minimum atomic E-state index is 0.0275. The lowest BCUT2D eigenvalue weighted by atomic mass is 10.2. The average Bonchev–Trinajstić information content (AvgIpc) is 2.81. The molecule has 0 saturated carbocycles. The quantitative estimate of drug-likeness (QED) is 0.653. The van der Waals surface area contributed by atoms with Crippen LogP contribution in [0, 0.1) is 5.41 Å². The van der Waals surface area contributed by atoms with Crippen molar-refractivity contribution in [2.45, 2.75) is 9.24 Å². The Balaban J connectivity index is 2.38. The van der Waals surface area contributed by atoms with E-state index in [2.05, 4.69) is 9.36 Å². The van der Waals surface area contributed by atoms with Crippen molar-refractivity contribution in [3.8, 4) is 5.75 Å². The van der Waals surface area contributed by atoms with E-state index in [1.54, 1.807) is 19.2 Å². The molecule has 1 aromatic heterocycles. The Morgan fingerprint density at radius 1 is 1.53 bits per heavy atom. The van der Waals surface area contributed by atoms with E-state index in [4.69, 9.17) is 15.9 Å². The Labute approximate surface area is 107 Å². The number of ether oxygens (including phenoxy) is 1. The van der Waals surface area contributed by atoms with Crippen LogP contribution in [-0.4, -0.2) is 22.3 Å². The lowest BCUT2D eigenvalue weighted by Gasteiger charge is -2.08. The highest BCUT2D eigenvalue weighted by molar-refractivity contribution is 8.01. The van der Waals surface area contributed by atoms with Gasteiger partial charge in [-0.15, -0.1) is 0 Å². The standard InChI is InChI=1S/C10H10N4OS2/c1-15-6-2-3-7(9(11)12)8(4-6)16-10-13-5-14-17-10/h2-5H,1H3,(H3,11,12). The van der Waals surface area contributed by atoms with Crippen LogP contribution < -0.4 is 10.5 Å². The normalized spacial score (nSPS) is 10.2. The Morgan fingerprint density at radius 2 is 2.35 bits per heavy atom. The first-order valence-corrected chi connectivity index (χ1v) is 6.26. The Hall–Kier alpha value is -1.60. The summed E-state index contributed by atoms with van der Waals surface area (Å²) in [5.41, 5.74) is 6.20. The van der Waals surface area contributed by atoms with Crippen molar-refractivity contribution in [1.29, 1.82) is 5.41 Å². The number of aromatic nitrogens is 2. The fourth-order valence-electron chi connectivity index (χ4n) is 1.24. The summed E-state index contributed by atoms with van der Waals surface area (Å²) in [6, 6.07) is 5.38. The molecule has 3 N–H and O–H groups in total. The number of hydrogen-bond donors (Lipinski definition) is 2. The number of nitrogen functional groups attached to an aromatic ring is 1. The molecule has 0 radical (unpaired) electrons. The third-order valence-electron chi connectivity index (χ3n) is 2.02. The van der Waals surface area contributed by atoms with Crippen LogP contribution in [0.4, 0.5) is 0 Å². The van der Waals surface area contributed by atoms with E-state index >= 15 is 0 Å². The van der Waals surface area contributed by atoms with Gasteiger partial charge in [-0.3, -0.25) is 5.41 Å². The van der Waals surface area contributed by atoms with E-state index in [1.807, 2.05) is 6.07 Å². The summed E-state index contributed by atoms with van der Waals surface area (Å²) in [5.74, 6) is 0.752.